The molecule has 2 saturated heterocycles. The maximum absolute atomic E-state index is 12.6. The number of piperazine rings is 1. The SMILES string of the molecule is O=CN1CC[NH+](C2CC(=O)N(c3ccc(Br)cc3)C2=O)CC1. The monoisotopic (exact) mass is 366 g/mol. The van der Waals surface area contributed by atoms with Crippen molar-refractivity contribution in [2.24, 2.45) is 0 Å². The Bertz CT molecular complexity index is 597. The van der Waals surface area contributed by atoms with Crippen LogP contribution in [0.25, 0.3) is 0 Å². The van der Waals surface area contributed by atoms with Crippen LogP contribution in [-0.4, -0.2) is 55.3 Å². The maximum Gasteiger partial charge on any atom is 0.292 e. The molecule has 1 unspecified atom stereocenters. The van der Waals surface area contributed by atoms with Gasteiger partial charge in [0.05, 0.1) is 38.3 Å². The van der Waals surface area contributed by atoms with Gasteiger partial charge in [-0.3, -0.25) is 14.4 Å². The van der Waals surface area contributed by atoms with Crippen molar-refractivity contribution in [3.05, 3.63) is 28.7 Å². The highest BCUT2D eigenvalue weighted by molar-refractivity contribution is 9.10. The Morgan fingerprint density at radius 3 is 2.36 bits per heavy atom. The van der Waals surface area contributed by atoms with Crippen molar-refractivity contribution in [2.75, 3.05) is 31.1 Å². The number of anilines is 1. The number of hydrogen-bond acceptors (Lipinski definition) is 3. The van der Waals surface area contributed by atoms with Crippen LogP contribution in [0.5, 0.6) is 0 Å². The lowest BCUT2D eigenvalue weighted by molar-refractivity contribution is -0.918. The van der Waals surface area contributed by atoms with Gasteiger partial charge in [-0.2, -0.15) is 0 Å². The lowest BCUT2D eigenvalue weighted by Gasteiger charge is -2.32. The van der Waals surface area contributed by atoms with Gasteiger partial charge in [-0.25, -0.2) is 4.90 Å². The summed E-state index contributed by atoms with van der Waals surface area (Å²) in [6.45, 7) is 2.68. The Labute approximate surface area is 136 Å². The molecule has 1 N–H and O–H groups in total. The third kappa shape index (κ3) is 2.78. The second kappa shape index (κ2) is 6.18. The molecule has 6 nitrogen and oxygen atoms in total. The number of carbonyl (C=O) groups excluding carboxylic acids is 3. The van der Waals surface area contributed by atoms with Crippen LogP contribution in [0.15, 0.2) is 28.7 Å². The second-order valence-corrected chi connectivity index (χ2v) is 6.52. The fourth-order valence-electron chi connectivity index (χ4n) is 3.08. The van der Waals surface area contributed by atoms with Crippen molar-refractivity contribution in [3.63, 3.8) is 0 Å². The third-order valence-corrected chi connectivity index (χ3v) is 4.84. The summed E-state index contributed by atoms with van der Waals surface area (Å²) in [5.74, 6) is -0.287. The summed E-state index contributed by atoms with van der Waals surface area (Å²) in [4.78, 5) is 39.7. The number of amides is 3. The van der Waals surface area contributed by atoms with Gasteiger partial charge in [0, 0.05) is 4.47 Å². The van der Waals surface area contributed by atoms with Crippen LogP contribution < -0.4 is 9.80 Å². The summed E-state index contributed by atoms with van der Waals surface area (Å²) in [5, 5.41) is 0. The van der Waals surface area contributed by atoms with E-state index >= 15 is 0 Å². The van der Waals surface area contributed by atoms with E-state index in [-0.39, 0.29) is 24.3 Å². The molecule has 1 aromatic carbocycles. The molecule has 0 aromatic heterocycles. The Morgan fingerprint density at radius 2 is 1.77 bits per heavy atom. The molecule has 7 heteroatoms. The normalized spacial score (nSPS) is 23.2. The minimum Gasteiger partial charge on any atom is -0.334 e. The van der Waals surface area contributed by atoms with Crippen LogP contribution in [0.1, 0.15) is 6.42 Å². The van der Waals surface area contributed by atoms with Crippen molar-refractivity contribution in [3.8, 4) is 0 Å². The largest absolute Gasteiger partial charge is 0.334 e. The van der Waals surface area contributed by atoms with Gasteiger partial charge >= 0.3 is 0 Å². The molecule has 0 spiro atoms. The molecule has 1 aromatic rings. The number of halogens is 1. The van der Waals surface area contributed by atoms with Crippen molar-refractivity contribution >= 4 is 39.8 Å². The molecule has 2 aliphatic heterocycles. The first kappa shape index (κ1) is 15.2. The predicted molar refractivity (Wildman–Crippen MR) is 83.4 cm³/mol. The molecule has 0 saturated carbocycles. The van der Waals surface area contributed by atoms with E-state index in [0.29, 0.717) is 31.9 Å². The highest BCUT2D eigenvalue weighted by Crippen LogP contribution is 2.23. The molecule has 2 heterocycles. The molecule has 3 amide bonds. The minimum atomic E-state index is -0.329. The number of rotatable bonds is 3. The Kier molecular flexibility index (Phi) is 4.26. The van der Waals surface area contributed by atoms with Crippen LogP contribution in [0.3, 0.4) is 0 Å². The van der Waals surface area contributed by atoms with E-state index in [2.05, 4.69) is 15.9 Å². The molecule has 2 aliphatic rings. The summed E-state index contributed by atoms with van der Waals surface area (Å²) in [6.07, 6.45) is 1.08. The van der Waals surface area contributed by atoms with Gasteiger partial charge < -0.3 is 9.80 Å². The summed E-state index contributed by atoms with van der Waals surface area (Å²) in [5.41, 5.74) is 0.617. The molecule has 0 aliphatic carbocycles. The van der Waals surface area contributed by atoms with Gasteiger partial charge in [-0.05, 0) is 24.3 Å². The number of hydrogen-bond donors (Lipinski definition) is 1. The fraction of sp³-hybridized carbons (Fsp3) is 0.400. The predicted octanol–water partition coefficient (Wildman–Crippen LogP) is -0.562. The van der Waals surface area contributed by atoms with Gasteiger partial charge in [0.15, 0.2) is 6.04 Å². The molecule has 22 heavy (non-hydrogen) atoms. The number of benzene rings is 1. The van der Waals surface area contributed by atoms with Crippen molar-refractivity contribution in [1.29, 1.82) is 0 Å². The fourth-order valence-corrected chi connectivity index (χ4v) is 3.34. The molecule has 116 valence electrons. The van der Waals surface area contributed by atoms with Crippen molar-refractivity contribution < 1.29 is 19.3 Å². The van der Waals surface area contributed by atoms with E-state index in [1.54, 1.807) is 17.0 Å². The minimum absolute atomic E-state index is 0.137. The molecule has 0 bridgehead atoms. The van der Waals surface area contributed by atoms with Crippen LogP contribution in [-0.2, 0) is 14.4 Å². The van der Waals surface area contributed by atoms with E-state index in [1.165, 1.54) is 4.90 Å². The Hall–Kier alpha value is -1.73. The summed E-state index contributed by atoms with van der Waals surface area (Å²) in [7, 11) is 0. The van der Waals surface area contributed by atoms with Gasteiger partial charge in [-0.1, -0.05) is 15.9 Å². The van der Waals surface area contributed by atoms with E-state index in [0.717, 1.165) is 15.8 Å². The van der Waals surface area contributed by atoms with Crippen LogP contribution in [0.4, 0.5) is 5.69 Å². The Morgan fingerprint density at radius 1 is 1.14 bits per heavy atom. The van der Waals surface area contributed by atoms with Crippen LogP contribution in [0.2, 0.25) is 0 Å². The number of carbonyl (C=O) groups is 3. The highest BCUT2D eigenvalue weighted by Gasteiger charge is 2.46. The van der Waals surface area contributed by atoms with Gasteiger partial charge in [0.25, 0.3) is 5.91 Å². The zero-order valence-corrected chi connectivity index (χ0v) is 13.6. The lowest BCUT2D eigenvalue weighted by Crippen LogP contribution is -3.19. The second-order valence-electron chi connectivity index (χ2n) is 5.60. The standard InChI is InChI=1S/C15H16BrN3O3/c16-11-1-3-12(4-2-11)19-14(21)9-13(15(19)22)18-7-5-17(10-20)6-8-18/h1-4,10,13H,5-9H2/p+1. The number of imide groups is 1. The van der Waals surface area contributed by atoms with E-state index in [9.17, 15) is 14.4 Å². The van der Waals surface area contributed by atoms with E-state index in [1.807, 2.05) is 12.1 Å². The molecular weight excluding hydrogens is 350 g/mol. The average molecular weight is 367 g/mol. The van der Waals surface area contributed by atoms with Gasteiger partial charge in [-0.15, -0.1) is 0 Å². The van der Waals surface area contributed by atoms with E-state index < -0.39 is 0 Å². The first-order chi connectivity index (χ1) is 10.6. The lowest BCUT2D eigenvalue weighted by atomic mass is 10.2. The Balaban J connectivity index is 1.74. The highest BCUT2D eigenvalue weighted by atomic mass is 79.9. The van der Waals surface area contributed by atoms with Crippen LogP contribution in [0, 0.1) is 0 Å². The summed E-state index contributed by atoms with van der Waals surface area (Å²) in [6, 6.07) is 6.84. The molecular formula is C15H17BrN3O3+. The smallest absolute Gasteiger partial charge is 0.292 e. The zero-order chi connectivity index (χ0) is 15.7. The summed E-state index contributed by atoms with van der Waals surface area (Å²) >= 11 is 3.35. The third-order valence-electron chi connectivity index (χ3n) is 4.31. The molecule has 2 fully saturated rings. The molecule has 0 radical (unpaired) electrons. The number of nitrogens with zero attached hydrogens (tertiary/aromatic N) is 2. The van der Waals surface area contributed by atoms with Gasteiger partial charge in [0.1, 0.15) is 0 Å². The first-order valence-electron chi connectivity index (χ1n) is 7.26. The quantitative estimate of drug-likeness (QED) is 0.576. The number of quaternary nitrogens is 1. The van der Waals surface area contributed by atoms with Crippen LogP contribution >= 0.6 is 15.9 Å². The number of nitrogens with one attached hydrogen (secondary N) is 1. The molecule has 1 atom stereocenters. The zero-order valence-electron chi connectivity index (χ0n) is 12.0. The maximum atomic E-state index is 12.6. The molecule has 3 rings (SSSR count). The van der Waals surface area contributed by atoms with Gasteiger partial charge in [0.2, 0.25) is 12.3 Å². The van der Waals surface area contributed by atoms with Crippen molar-refractivity contribution in [2.45, 2.75) is 12.5 Å². The summed E-state index contributed by atoms with van der Waals surface area (Å²) < 4.78 is 0.905. The van der Waals surface area contributed by atoms with Crippen molar-refractivity contribution in [1.82, 2.24) is 4.90 Å². The average Bonchev–Trinajstić information content (AvgIpc) is 2.83. The topological polar surface area (TPSA) is 62.1 Å². The van der Waals surface area contributed by atoms with E-state index in [4.69, 9.17) is 0 Å². The first-order valence-corrected chi connectivity index (χ1v) is 8.06.